The molecule has 0 aromatic rings. The highest BCUT2D eigenvalue weighted by Gasteiger charge is 2.17. The summed E-state index contributed by atoms with van der Waals surface area (Å²) in [6, 6.07) is 0. The van der Waals surface area contributed by atoms with Crippen LogP contribution < -0.4 is 22.7 Å². The summed E-state index contributed by atoms with van der Waals surface area (Å²) in [6.07, 6.45) is 8.01. The van der Waals surface area contributed by atoms with Crippen molar-refractivity contribution in [3.63, 3.8) is 0 Å². The molecule has 13 heteroatoms. The first kappa shape index (κ1) is 54.6. The predicted molar refractivity (Wildman–Crippen MR) is 197 cm³/mol. The van der Waals surface area contributed by atoms with Crippen LogP contribution in [0.1, 0.15) is 133 Å². The number of carbonyl (C=O) groups excluding carboxylic acids is 4. The molecule has 0 aliphatic heterocycles. The Morgan fingerprint density at radius 1 is 0.622 bits per heavy atom. The second-order valence-electron chi connectivity index (χ2n) is 12.7. The molecule has 0 saturated carbocycles. The van der Waals surface area contributed by atoms with Crippen molar-refractivity contribution in [3.8, 4) is 0 Å². The lowest BCUT2D eigenvalue weighted by Gasteiger charge is -2.19. The lowest BCUT2D eigenvalue weighted by Crippen LogP contribution is -3.00. The summed E-state index contributed by atoms with van der Waals surface area (Å²) in [4.78, 5) is 44.0. The second kappa shape index (κ2) is 34.1. The van der Waals surface area contributed by atoms with E-state index >= 15 is 0 Å². The average molecular weight is 878 g/mol. The number of thiol groups is 1. The van der Waals surface area contributed by atoms with E-state index in [1.165, 1.54) is 11.8 Å². The number of thioether (sulfide) groups is 1. The van der Waals surface area contributed by atoms with Crippen molar-refractivity contribution in [3.05, 3.63) is 0 Å². The van der Waals surface area contributed by atoms with E-state index in [2.05, 4.69) is 44.5 Å². The van der Waals surface area contributed by atoms with Crippen molar-refractivity contribution in [2.75, 3.05) is 28.7 Å². The molecule has 0 aliphatic rings. The normalized spacial score (nSPS) is 10.7. The van der Waals surface area contributed by atoms with E-state index in [0.29, 0.717) is 19.3 Å². The SMILES string of the molecule is CC(=O)SCCCCC(=O)OC(C)(C)C.CC(C)(C)OC(=O)CCCCBr.CC(C)(C)OC(=O)CCCCS.NCCCBr.[Br-]. The molecule has 8 nitrogen and oxygen atoms in total. The van der Waals surface area contributed by atoms with Gasteiger partial charge in [-0.3, -0.25) is 19.2 Å². The van der Waals surface area contributed by atoms with Gasteiger partial charge in [0.25, 0.3) is 0 Å². The maximum atomic E-state index is 11.3. The predicted octanol–water partition coefficient (Wildman–Crippen LogP) is 5.83. The lowest BCUT2D eigenvalue weighted by molar-refractivity contribution is -0.156. The van der Waals surface area contributed by atoms with E-state index in [9.17, 15) is 19.2 Å². The van der Waals surface area contributed by atoms with Crippen LogP contribution in [0, 0.1) is 0 Å². The van der Waals surface area contributed by atoms with Gasteiger partial charge >= 0.3 is 17.9 Å². The Kier molecular flexibility index (Phi) is 41.3. The van der Waals surface area contributed by atoms with Crippen molar-refractivity contribution in [1.82, 2.24) is 0 Å². The molecule has 0 aromatic carbocycles. The molecular weight excluding hydrogens is 814 g/mol. The van der Waals surface area contributed by atoms with E-state index in [0.717, 1.165) is 73.7 Å². The molecule has 0 saturated heterocycles. The smallest absolute Gasteiger partial charge is 0.306 e. The van der Waals surface area contributed by atoms with Gasteiger partial charge in [-0.25, -0.2) is 0 Å². The van der Waals surface area contributed by atoms with Crippen LogP contribution in [-0.2, 0) is 33.4 Å². The van der Waals surface area contributed by atoms with Crippen LogP contribution in [0.2, 0.25) is 0 Å². The fourth-order valence-corrected chi connectivity index (χ4v) is 4.17. The van der Waals surface area contributed by atoms with Crippen LogP contribution in [0.3, 0.4) is 0 Å². The van der Waals surface area contributed by atoms with Gasteiger partial charge in [0.2, 0.25) is 0 Å². The number of ether oxygens (including phenoxy) is 3. The molecule has 0 amide bonds. The molecule has 0 aromatic heterocycles. The first-order valence-corrected chi connectivity index (χ1v) is 19.2. The number of alkyl halides is 2. The molecule has 0 rings (SSSR count). The van der Waals surface area contributed by atoms with E-state index in [1.807, 2.05) is 62.3 Å². The molecule has 45 heavy (non-hydrogen) atoms. The van der Waals surface area contributed by atoms with Crippen molar-refractivity contribution in [2.45, 2.75) is 150 Å². The van der Waals surface area contributed by atoms with E-state index in [1.54, 1.807) is 6.92 Å². The fraction of sp³-hybridized carbons (Fsp3) is 0.875. The Morgan fingerprint density at radius 3 is 1.20 bits per heavy atom. The molecular formula is C32H63Br3NO7S2-. The van der Waals surface area contributed by atoms with Gasteiger partial charge in [0.1, 0.15) is 16.8 Å². The van der Waals surface area contributed by atoms with Gasteiger partial charge in [-0.15, -0.1) is 0 Å². The number of hydrogen-bond acceptors (Lipinski definition) is 10. The average Bonchev–Trinajstić information content (AvgIpc) is 2.82. The van der Waals surface area contributed by atoms with Crippen LogP contribution in [0.4, 0.5) is 0 Å². The summed E-state index contributed by atoms with van der Waals surface area (Å²) in [5.41, 5.74) is 4.02. The fourth-order valence-electron chi connectivity index (χ4n) is 2.59. The second-order valence-corrected chi connectivity index (χ2v) is 16.0. The zero-order valence-electron chi connectivity index (χ0n) is 29.5. The van der Waals surface area contributed by atoms with Gasteiger partial charge in [0.05, 0.1) is 0 Å². The number of nitrogens with two attached hydrogens (primary N) is 1. The van der Waals surface area contributed by atoms with Gasteiger partial charge in [-0.1, -0.05) is 43.6 Å². The van der Waals surface area contributed by atoms with Crippen molar-refractivity contribution < 1.29 is 50.4 Å². The number of rotatable bonds is 15. The molecule has 0 atom stereocenters. The summed E-state index contributed by atoms with van der Waals surface area (Å²) >= 11 is 11.9. The first-order valence-electron chi connectivity index (χ1n) is 15.4. The number of halogens is 3. The third kappa shape index (κ3) is 63.5. The van der Waals surface area contributed by atoms with Gasteiger partial charge in [-0.2, -0.15) is 12.6 Å². The highest BCUT2D eigenvalue weighted by molar-refractivity contribution is 9.09. The Bertz CT molecular complexity index is 704. The molecule has 0 bridgehead atoms. The standard InChI is InChI=1S/C11H20O3S.C9H17BrO2.C9H18O2S.C3H8BrN.BrH/c1-9(12)15-8-6-5-7-10(13)14-11(2,3)4;1-9(2,3)12-8(11)6-4-5-7-10;1-9(2,3)11-8(10)6-4-5-7-12;4-2-1-3-5;/h5-8H2,1-4H3;4-7H2,1-3H3;12H,4-7H2,1-3H3;1-3,5H2;1H/p-1. The van der Waals surface area contributed by atoms with Gasteiger partial charge in [-0.05, 0) is 120 Å². The van der Waals surface area contributed by atoms with Crippen molar-refractivity contribution in [1.29, 1.82) is 0 Å². The highest BCUT2D eigenvalue weighted by atomic mass is 79.9. The molecule has 0 unspecified atom stereocenters. The summed E-state index contributed by atoms with van der Waals surface area (Å²) in [5, 5.41) is 2.12. The van der Waals surface area contributed by atoms with Crippen LogP contribution in [0.15, 0.2) is 0 Å². The Balaban J connectivity index is -0.000000164. The maximum Gasteiger partial charge on any atom is 0.306 e. The molecule has 0 fully saturated rings. The quantitative estimate of drug-likeness (QED) is 0.0689. The molecule has 2 N–H and O–H groups in total. The van der Waals surface area contributed by atoms with Gasteiger partial charge in [0, 0.05) is 42.6 Å². The Morgan fingerprint density at radius 2 is 0.956 bits per heavy atom. The lowest BCUT2D eigenvalue weighted by atomic mass is 10.2. The summed E-state index contributed by atoms with van der Waals surface area (Å²) in [5.74, 6) is 1.27. The third-order valence-electron chi connectivity index (χ3n) is 4.23. The molecule has 0 heterocycles. The topological polar surface area (TPSA) is 122 Å². The van der Waals surface area contributed by atoms with Gasteiger partial charge in [0.15, 0.2) is 5.12 Å². The molecule has 272 valence electrons. The van der Waals surface area contributed by atoms with E-state index in [-0.39, 0.29) is 51.2 Å². The third-order valence-corrected chi connectivity index (χ3v) is 6.57. The molecule has 0 radical (unpaired) electrons. The minimum Gasteiger partial charge on any atom is -1.00 e. The van der Waals surface area contributed by atoms with E-state index in [4.69, 9.17) is 19.9 Å². The summed E-state index contributed by atoms with van der Waals surface area (Å²) < 4.78 is 15.4. The Labute approximate surface area is 312 Å². The van der Waals surface area contributed by atoms with Crippen LogP contribution in [0.5, 0.6) is 0 Å². The Hall–Kier alpha value is 0.180. The van der Waals surface area contributed by atoms with Crippen LogP contribution >= 0.6 is 56.3 Å². The highest BCUT2D eigenvalue weighted by Crippen LogP contribution is 2.12. The monoisotopic (exact) mass is 874 g/mol. The first-order chi connectivity index (χ1) is 20.1. The number of carbonyl (C=O) groups is 4. The summed E-state index contributed by atoms with van der Waals surface area (Å²) in [7, 11) is 0. The van der Waals surface area contributed by atoms with E-state index < -0.39 is 5.60 Å². The van der Waals surface area contributed by atoms with Crippen molar-refractivity contribution in [2.24, 2.45) is 5.73 Å². The molecule has 0 spiro atoms. The number of hydrogen-bond donors (Lipinski definition) is 2. The minimum absolute atomic E-state index is 0. The largest absolute Gasteiger partial charge is 1.00 e. The van der Waals surface area contributed by atoms with Gasteiger partial charge < -0.3 is 36.9 Å². The number of unbranched alkanes of at least 4 members (excludes halogenated alkanes) is 3. The maximum absolute atomic E-state index is 11.3. The number of esters is 3. The minimum atomic E-state index is -0.398. The van der Waals surface area contributed by atoms with Crippen LogP contribution in [0.25, 0.3) is 0 Å². The zero-order valence-corrected chi connectivity index (χ0v) is 36.0. The summed E-state index contributed by atoms with van der Waals surface area (Å²) in [6.45, 7) is 19.2. The zero-order chi connectivity index (χ0) is 35.2. The van der Waals surface area contributed by atoms with Crippen LogP contribution in [-0.4, -0.2) is 68.5 Å². The van der Waals surface area contributed by atoms with Crippen molar-refractivity contribution >= 4 is 79.3 Å². The molecule has 0 aliphatic carbocycles.